The third kappa shape index (κ3) is 4.70. The maximum absolute atomic E-state index is 12.4. The summed E-state index contributed by atoms with van der Waals surface area (Å²) in [7, 11) is 0. The Morgan fingerprint density at radius 1 is 1.09 bits per heavy atom. The van der Waals surface area contributed by atoms with Crippen LogP contribution >= 0.6 is 12.2 Å². The van der Waals surface area contributed by atoms with Gasteiger partial charge < -0.3 is 9.73 Å². The first-order chi connectivity index (χ1) is 15.4. The van der Waals surface area contributed by atoms with Crippen molar-refractivity contribution in [3.63, 3.8) is 0 Å². The number of carbonyl (C=O) groups excluding carboxylic acids is 1. The van der Waals surface area contributed by atoms with Gasteiger partial charge in [0.15, 0.2) is 10.7 Å². The Kier molecular flexibility index (Phi) is 6.32. The van der Waals surface area contributed by atoms with E-state index in [1.807, 2.05) is 55.5 Å². The van der Waals surface area contributed by atoms with Crippen molar-refractivity contribution >= 4 is 40.0 Å². The van der Waals surface area contributed by atoms with Gasteiger partial charge in [0.2, 0.25) is 5.89 Å². The van der Waals surface area contributed by atoms with E-state index in [1.165, 1.54) is 5.56 Å². The second-order valence-corrected chi connectivity index (χ2v) is 8.26. The molecule has 2 N–H and O–H groups in total. The molecular weight excluding hydrogens is 418 g/mol. The minimum atomic E-state index is -0.236. The summed E-state index contributed by atoms with van der Waals surface area (Å²) < 4.78 is 5.94. The molecule has 0 aliphatic heterocycles. The van der Waals surface area contributed by atoms with Gasteiger partial charge in [0.25, 0.3) is 5.91 Å². The minimum Gasteiger partial charge on any atom is -0.436 e. The standard InChI is InChI=1S/C26H25N3O2S/c1-4-16(2)19-11-14-23-22(15-19)28-25(31-23)18-9-12-20(13-10-18)27-26(32)29-24(30)21-8-6-5-7-17(21)3/h5-16H,4H2,1-3H3,(H2,27,29,30,32)/t16-/m0/s1. The molecule has 0 aliphatic rings. The Balaban J connectivity index is 1.44. The quantitative estimate of drug-likeness (QED) is 0.347. The van der Waals surface area contributed by atoms with E-state index in [4.69, 9.17) is 16.6 Å². The second-order valence-electron chi connectivity index (χ2n) is 7.86. The van der Waals surface area contributed by atoms with Gasteiger partial charge >= 0.3 is 0 Å². The van der Waals surface area contributed by atoms with E-state index in [2.05, 4.69) is 41.6 Å². The van der Waals surface area contributed by atoms with Crippen LogP contribution in [0.4, 0.5) is 5.69 Å². The monoisotopic (exact) mass is 443 g/mol. The number of anilines is 1. The van der Waals surface area contributed by atoms with Crippen molar-refractivity contribution in [3.05, 3.63) is 83.4 Å². The number of fused-ring (bicyclic) bond motifs is 1. The predicted molar refractivity (Wildman–Crippen MR) is 133 cm³/mol. The number of hydrogen-bond donors (Lipinski definition) is 2. The number of nitrogens with zero attached hydrogens (tertiary/aromatic N) is 1. The summed E-state index contributed by atoms with van der Waals surface area (Å²) >= 11 is 5.29. The van der Waals surface area contributed by atoms with Crippen LogP contribution in [0.3, 0.4) is 0 Å². The fraction of sp³-hybridized carbons (Fsp3) is 0.192. The van der Waals surface area contributed by atoms with Crippen LogP contribution in [0.15, 0.2) is 71.1 Å². The molecule has 162 valence electrons. The zero-order chi connectivity index (χ0) is 22.7. The molecule has 0 bridgehead atoms. The van der Waals surface area contributed by atoms with E-state index < -0.39 is 0 Å². The van der Waals surface area contributed by atoms with Crippen molar-refractivity contribution in [2.75, 3.05) is 5.32 Å². The molecule has 6 heteroatoms. The summed E-state index contributed by atoms with van der Waals surface area (Å²) in [5, 5.41) is 6.00. The molecule has 0 fully saturated rings. The van der Waals surface area contributed by atoms with E-state index in [0.717, 1.165) is 34.3 Å². The first-order valence-corrected chi connectivity index (χ1v) is 11.0. The number of oxazole rings is 1. The number of aromatic nitrogens is 1. The number of thiocarbonyl (C=S) groups is 1. The van der Waals surface area contributed by atoms with E-state index in [1.54, 1.807) is 6.07 Å². The highest BCUT2D eigenvalue weighted by atomic mass is 32.1. The molecule has 32 heavy (non-hydrogen) atoms. The smallest absolute Gasteiger partial charge is 0.257 e. The van der Waals surface area contributed by atoms with Crippen molar-refractivity contribution in [2.24, 2.45) is 0 Å². The number of hydrogen-bond acceptors (Lipinski definition) is 4. The average molecular weight is 444 g/mol. The normalized spacial score (nSPS) is 11.8. The largest absolute Gasteiger partial charge is 0.436 e. The lowest BCUT2D eigenvalue weighted by Crippen LogP contribution is -2.34. The molecule has 4 aromatic rings. The van der Waals surface area contributed by atoms with Gasteiger partial charge in [-0.1, -0.05) is 38.1 Å². The SMILES string of the molecule is CC[C@H](C)c1ccc2oc(-c3ccc(NC(=S)NC(=O)c4ccccc4C)cc3)nc2c1. The van der Waals surface area contributed by atoms with Crippen LogP contribution in [-0.4, -0.2) is 16.0 Å². The molecule has 0 radical (unpaired) electrons. The van der Waals surface area contributed by atoms with E-state index >= 15 is 0 Å². The van der Waals surface area contributed by atoms with Crippen LogP contribution in [0.2, 0.25) is 0 Å². The number of aryl methyl sites for hydroxylation is 1. The van der Waals surface area contributed by atoms with Crippen LogP contribution < -0.4 is 10.6 Å². The van der Waals surface area contributed by atoms with Crippen LogP contribution in [-0.2, 0) is 0 Å². The highest BCUT2D eigenvalue weighted by molar-refractivity contribution is 7.80. The Hall–Kier alpha value is -3.51. The summed E-state index contributed by atoms with van der Waals surface area (Å²) in [4.78, 5) is 17.1. The summed E-state index contributed by atoms with van der Waals surface area (Å²) in [6.45, 7) is 6.28. The van der Waals surface area contributed by atoms with Crippen LogP contribution in [0, 0.1) is 6.92 Å². The molecule has 0 unspecified atom stereocenters. The Labute approximate surface area is 192 Å². The lowest BCUT2D eigenvalue weighted by Gasteiger charge is -2.11. The summed E-state index contributed by atoms with van der Waals surface area (Å²) in [5.41, 5.74) is 6.02. The van der Waals surface area contributed by atoms with Crippen molar-refractivity contribution in [3.8, 4) is 11.5 Å². The minimum absolute atomic E-state index is 0.236. The van der Waals surface area contributed by atoms with Crippen molar-refractivity contribution in [2.45, 2.75) is 33.1 Å². The van der Waals surface area contributed by atoms with Gasteiger partial charge in [-0.15, -0.1) is 0 Å². The number of carbonyl (C=O) groups is 1. The predicted octanol–water partition coefficient (Wildman–Crippen LogP) is 6.44. The van der Waals surface area contributed by atoms with Crippen molar-refractivity contribution in [1.29, 1.82) is 0 Å². The van der Waals surface area contributed by atoms with Gasteiger partial charge in [-0.2, -0.15) is 0 Å². The van der Waals surface area contributed by atoms with Crippen LogP contribution in [0.25, 0.3) is 22.6 Å². The van der Waals surface area contributed by atoms with Gasteiger partial charge in [0, 0.05) is 16.8 Å². The topological polar surface area (TPSA) is 67.2 Å². The number of benzene rings is 3. The van der Waals surface area contributed by atoms with Crippen LogP contribution in [0.1, 0.15) is 47.7 Å². The summed E-state index contributed by atoms with van der Waals surface area (Å²) in [5.74, 6) is 0.823. The van der Waals surface area contributed by atoms with Gasteiger partial charge in [0.1, 0.15) is 5.52 Å². The zero-order valence-electron chi connectivity index (χ0n) is 18.3. The van der Waals surface area contributed by atoms with E-state index in [9.17, 15) is 4.79 Å². The Morgan fingerprint density at radius 2 is 1.84 bits per heavy atom. The number of rotatable bonds is 5. The lowest BCUT2D eigenvalue weighted by molar-refractivity contribution is 0.0977. The molecular formula is C26H25N3O2S. The molecule has 1 atom stereocenters. The van der Waals surface area contributed by atoms with Gasteiger partial charge in [0.05, 0.1) is 0 Å². The van der Waals surface area contributed by atoms with Crippen molar-refractivity contribution in [1.82, 2.24) is 10.3 Å². The first kappa shape index (κ1) is 21.7. The third-order valence-electron chi connectivity index (χ3n) is 5.60. The third-order valence-corrected chi connectivity index (χ3v) is 5.80. The molecule has 0 aliphatic carbocycles. The van der Waals surface area contributed by atoms with Gasteiger partial charge in [-0.25, -0.2) is 4.98 Å². The molecule has 4 rings (SSSR count). The second kappa shape index (κ2) is 9.32. The number of nitrogens with one attached hydrogen (secondary N) is 2. The lowest BCUT2D eigenvalue weighted by atomic mass is 9.98. The Bertz CT molecular complexity index is 1280. The maximum atomic E-state index is 12.4. The first-order valence-electron chi connectivity index (χ1n) is 10.6. The Morgan fingerprint density at radius 3 is 2.56 bits per heavy atom. The van der Waals surface area contributed by atoms with Gasteiger partial charge in [-0.05, 0) is 85.1 Å². The summed E-state index contributed by atoms with van der Waals surface area (Å²) in [6, 6.07) is 21.1. The molecule has 0 saturated heterocycles. The summed E-state index contributed by atoms with van der Waals surface area (Å²) in [6.07, 6.45) is 1.08. The average Bonchev–Trinajstić information content (AvgIpc) is 3.22. The molecule has 1 aromatic heterocycles. The number of amides is 1. The van der Waals surface area contributed by atoms with E-state index in [0.29, 0.717) is 17.4 Å². The molecule has 1 amide bonds. The molecule has 1 heterocycles. The fourth-order valence-corrected chi connectivity index (χ4v) is 3.68. The molecule has 5 nitrogen and oxygen atoms in total. The highest BCUT2D eigenvalue weighted by Gasteiger charge is 2.12. The van der Waals surface area contributed by atoms with Gasteiger partial charge in [-0.3, -0.25) is 10.1 Å². The molecule has 0 saturated carbocycles. The maximum Gasteiger partial charge on any atom is 0.257 e. The van der Waals surface area contributed by atoms with Crippen molar-refractivity contribution < 1.29 is 9.21 Å². The van der Waals surface area contributed by atoms with Crippen LogP contribution in [0.5, 0.6) is 0 Å². The fourth-order valence-electron chi connectivity index (χ4n) is 3.47. The van der Waals surface area contributed by atoms with E-state index in [-0.39, 0.29) is 11.0 Å². The highest BCUT2D eigenvalue weighted by Crippen LogP contribution is 2.28. The molecule has 0 spiro atoms. The molecule has 3 aromatic carbocycles. The zero-order valence-corrected chi connectivity index (χ0v) is 19.1.